The molecule has 0 aromatic heterocycles. The van der Waals surface area contributed by atoms with Gasteiger partial charge in [0.1, 0.15) is 6.10 Å². The summed E-state index contributed by atoms with van der Waals surface area (Å²) in [6, 6.07) is 0. The second-order valence-corrected chi connectivity index (χ2v) is 4.59. The molecule has 1 rings (SSSR count). The Balaban J connectivity index is 0.000000385. The molecule has 1 aliphatic heterocycles. The fourth-order valence-corrected chi connectivity index (χ4v) is 1.00. The van der Waals surface area contributed by atoms with Gasteiger partial charge < -0.3 is 10.4 Å². The van der Waals surface area contributed by atoms with E-state index in [0.717, 1.165) is 25.9 Å². The molecule has 96 valence electrons. The summed E-state index contributed by atoms with van der Waals surface area (Å²) in [5, 5.41) is 11.2. The van der Waals surface area contributed by atoms with E-state index in [4.69, 9.17) is 9.66 Å². The van der Waals surface area contributed by atoms with Crippen LogP contribution in [0.1, 0.15) is 12.8 Å². The lowest BCUT2D eigenvalue weighted by molar-refractivity contribution is -0.287. The molecule has 0 atom stereocenters. The third kappa shape index (κ3) is 13.1. The van der Waals surface area contributed by atoms with Gasteiger partial charge in [-0.2, -0.15) is 13.3 Å². The van der Waals surface area contributed by atoms with Gasteiger partial charge in [-0.3, -0.25) is 9.44 Å². The molecule has 3 N–H and O–H groups in total. The quantitative estimate of drug-likeness (QED) is 0.355. The van der Waals surface area contributed by atoms with Crippen molar-refractivity contribution in [3.8, 4) is 0 Å². The summed E-state index contributed by atoms with van der Waals surface area (Å²) < 4.78 is 25.9. The molecule has 0 unspecified atom stereocenters. The van der Waals surface area contributed by atoms with E-state index in [1.807, 2.05) is 0 Å². The first-order valence-electron chi connectivity index (χ1n) is 4.48. The van der Waals surface area contributed by atoms with E-state index in [0.29, 0.717) is 6.26 Å². The van der Waals surface area contributed by atoms with Crippen molar-refractivity contribution in [1.82, 2.24) is 5.32 Å². The Morgan fingerprint density at radius 1 is 1.38 bits per heavy atom. The zero-order valence-electron chi connectivity index (χ0n) is 8.75. The van der Waals surface area contributed by atoms with Crippen molar-refractivity contribution in [2.24, 2.45) is 0 Å². The molecule has 0 saturated carbocycles. The maximum Gasteiger partial charge on any atom is 0.537 e. The predicted molar refractivity (Wildman–Crippen MR) is 53.6 cm³/mol. The first-order chi connectivity index (χ1) is 7.29. The molecule has 0 aromatic carbocycles. The van der Waals surface area contributed by atoms with Crippen molar-refractivity contribution in [3.05, 3.63) is 0 Å². The fourth-order valence-electron chi connectivity index (χ4n) is 1.00. The van der Waals surface area contributed by atoms with Crippen LogP contribution in [0.3, 0.4) is 0 Å². The van der Waals surface area contributed by atoms with Crippen molar-refractivity contribution in [2.75, 3.05) is 19.3 Å². The molecule has 16 heavy (non-hydrogen) atoms. The second-order valence-electron chi connectivity index (χ2n) is 3.13. The Hall–Kier alpha value is -0.900. The molecule has 1 fully saturated rings. The minimum absolute atomic E-state index is 0.0765. The third-order valence-electron chi connectivity index (χ3n) is 1.54. The average molecular weight is 257 g/mol. The lowest BCUT2D eigenvalue weighted by Crippen LogP contribution is -2.32. The normalized spacial score (nSPS) is 17.1. The minimum atomic E-state index is -3.67. The van der Waals surface area contributed by atoms with E-state index in [1.54, 1.807) is 0 Å². The van der Waals surface area contributed by atoms with Crippen LogP contribution in [-0.2, 0) is 19.9 Å². The zero-order chi connectivity index (χ0) is 12.6. The van der Waals surface area contributed by atoms with Crippen molar-refractivity contribution in [3.63, 3.8) is 0 Å². The number of hydrogen-bond acceptors (Lipinski definition) is 6. The summed E-state index contributed by atoms with van der Waals surface area (Å²) in [5.74, 6) is 0. The fraction of sp³-hybridized carbons (Fsp3) is 0.857. The standard InChI is InChI=1S/C6H11NO4.CH4O3S/c8-6(9)11-10-5-1-3-7-4-2-5;1-5(2,3)4/h5,7H,1-4H2,(H,8,9);1H3,(H,2,3,4). The van der Waals surface area contributed by atoms with Crippen LogP contribution in [0.25, 0.3) is 0 Å². The van der Waals surface area contributed by atoms with Crippen molar-refractivity contribution in [1.29, 1.82) is 0 Å². The highest BCUT2D eigenvalue weighted by Crippen LogP contribution is 2.06. The molecule has 8 nitrogen and oxygen atoms in total. The van der Waals surface area contributed by atoms with Crippen LogP contribution in [0.4, 0.5) is 4.79 Å². The lowest BCUT2D eigenvalue weighted by atomic mass is 10.1. The SMILES string of the molecule is CS(=O)(=O)O.O=C(O)OOC1CCNCC1. The zero-order valence-corrected chi connectivity index (χ0v) is 9.57. The Morgan fingerprint density at radius 3 is 2.19 bits per heavy atom. The molecule has 0 bridgehead atoms. The van der Waals surface area contributed by atoms with Crippen LogP contribution in [0.2, 0.25) is 0 Å². The molecule has 0 radical (unpaired) electrons. The molecule has 0 aliphatic carbocycles. The van der Waals surface area contributed by atoms with E-state index in [1.165, 1.54) is 0 Å². The van der Waals surface area contributed by atoms with E-state index >= 15 is 0 Å². The monoisotopic (exact) mass is 257 g/mol. The van der Waals surface area contributed by atoms with Crippen LogP contribution < -0.4 is 5.32 Å². The number of rotatable bonds is 2. The summed E-state index contributed by atoms with van der Waals surface area (Å²) in [6.07, 6.45) is 0.851. The van der Waals surface area contributed by atoms with Gasteiger partial charge in [0.2, 0.25) is 0 Å². The molecule has 1 saturated heterocycles. The molecule has 9 heteroatoms. The maximum absolute atomic E-state index is 9.88. The Bertz CT molecular complexity index is 288. The topological polar surface area (TPSA) is 122 Å². The van der Waals surface area contributed by atoms with E-state index in [2.05, 4.69) is 15.1 Å². The van der Waals surface area contributed by atoms with Crippen LogP contribution >= 0.6 is 0 Å². The molecule has 1 heterocycles. The maximum atomic E-state index is 9.88. The van der Waals surface area contributed by atoms with Gasteiger partial charge in [-0.1, -0.05) is 0 Å². The number of nitrogens with one attached hydrogen (secondary N) is 1. The summed E-state index contributed by atoms with van der Waals surface area (Å²) in [7, 11) is -3.67. The van der Waals surface area contributed by atoms with Gasteiger partial charge in [0, 0.05) is 0 Å². The van der Waals surface area contributed by atoms with E-state index in [9.17, 15) is 13.2 Å². The van der Waals surface area contributed by atoms with Crippen molar-refractivity contribution in [2.45, 2.75) is 18.9 Å². The first kappa shape index (κ1) is 15.1. The highest BCUT2D eigenvalue weighted by atomic mass is 32.2. The summed E-state index contributed by atoms with van der Waals surface area (Å²) in [6.45, 7) is 1.71. The number of hydrogen-bond donors (Lipinski definition) is 3. The number of carbonyl (C=O) groups is 1. The van der Waals surface area contributed by atoms with Crippen molar-refractivity contribution < 1.29 is 32.6 Å². The molecular weight excluding hydrogens is 242 g/mol. The highest BCUT2D eigenvalue weighted by molar-refractivity contribution is 7.85. The van der Waals surface area contributed by atoms with Crippen LogP contribution in [-0.4, -0.2) is 49.7 Å². The Morgan fingerprint density at radius 2 is 1.81 bits per heavy atom. The van der Waals surface area contributed by atoms with Gasteiger partial charge in [-0.05, 0) is 25.9 Å². The minimum Gasteiger partial charge on any atom is -0.448 e. The number of carboxylic acid groups (broad SMARTS) is 1. The van der Waals surface area contributed by atoms with Gasteiger partial charge in [-0.25, -0.2) is 4.79 Å². The molecule has 0 aromatic rings. The Labute approximate surface area is 93.2 Å². The van der Waals surface area contributed by atoms with Gasteiger partial charge in [0.25, 0.3) is 10.1 Å². The van der Waals surface area contributed by atoms with Crippen molar-refractivity contribution >= 4 is 16.3 Å². The lowest BCUT2D eigenvalue weighted by Gasteiger charge is -2.19. The Kier molecular flexibility index (Phi) is 6.97. The third-order valence-corrected chi connectivity index (χ3v) is 1.54. The van der Waals surface area contributed by atoms with Crippen LogP contribution in [0, 0.1) is 0 Å². The van der Waals surface area contributed by atoms with Gasteiger partial charge in [0.15, 0.2) is 0 Å². The molecular formula is C7H15NO7S. The van der Waals surface area contributed by atoms with Gasteiger partial charge in [-0.15, -0.1) is 0 Å². The molecule has 1 aliphatic rings. The largest absolute Gasteiger partial charge is 0.537 e. The average Bonchev–Trinajstić information content (AvgIpc) is 2.14. The first-order valence-corrected chi connectivity index (χ1v) is 6.33. The summed E-state index contributed by atoms with van der Waals surface area (Å²) >= 11 is 0. The number of piperidine rings is 1. The smallest absolute Gasteiger partial charge is 0.448 e. The molecule has 0 spiro atoms. The predicted octanol–water partition coefficient (Wildman–Crippen LogP) is -0.131. The van der Waals surface area contributed by atoms with Crippen LogP contribution in [0.15, 0.2) is 0 Å². The van der Waals surface area contributed by atoms with E-state index < -0.39 is 16.3 Å². The summed E-state index contributed by atoms with van der Waals surface area (Å²) in [5.41, 5.74) is 0. The van der Waals surface area contributed by atoms with Gasteiger partial charge >= 0.3 is 6.16 Å². The van der Waals surface area contributed by atoms with E-state index in [-0.39, 0.29) is 6.10 Å². The molecule has 0 amide bonds. The van der Waals surface area contributed by atoms with Gasteiger partial charge in [0.05, 0.1) is 6.26 Å². The summed E-state index contributed by atoms with van der Waals surface area (Å²) in [4.78, 5) is 18.5. The second kappa shape index (κ2) is 7.39. The van der Waals surface area contributed by atoms with Crippen LogP contribution in [0.5, 0.6) is 0 Å². The highest BCUT2D eigenvalue weighted by Gasteiger charge is 2.15.